The molecular weight excluding hydrogens is 288 g/mol. The van der Waals surface area contributed by atoms with E-state index >= 15 is 0 Å². The molecule has 0 amide bonds. The van der Waals surface area contributed by atoms with E-state index in [2.05, 4.69) is 47.8 Å². The molecule has 0 aliphatic carbocycles. The van der Waals surface area contributed by atoms with Gasteiger partial charge in [-0.1, -0.05) is 53.7 Å². The van der Waals surface area contributed by atoms with Crippen LogP contribution in [0.3, 0.4) is 0 Å². The second-order valence-electron chi connectivity index (χ2n) is 8.00. The van der Waals surface area contributed by atoms with Crippen molar-refractivity contribution < 1.29 is 14.7 Å². The smallest absolute Gasteiger partial charge is 0.303 e. The molecule has 0 aromatic carbocycles. The van der Waals surface area contributed by atoms with Gasteiger partial charge in [-0.05, 0) is 35.5 Å². The molecule has 134 valence electrons. The standard InChI is InChI=1S/C10H18O2.C10H18O/c1-5-10(3,4)7-8(2)6-9(11)12;1-5-10(3,4)8-9(2)6-7-11/h5,8H,1,6-7H2,2-4H3,(H,11,12);5,7,9H,1,6,8H2,2-4H3. The first-order chi connectivity index (χ1) is 10.4. The number of carboxylic acids is 1. The third-order valence-corrected chi connectivity index (χ3v) is 3.88. The van der Waals surface area contributed by atoms with Crippen molar-refractivity contribution in [3.05, 3.63) is 25.3 Å². The Morgan fingerprint density at radius 3 is 1.70 bits per heavy atom. The molecule has 0 aliphatic rings. The summed E-state index contributed by atoms with van der Waals surface area (Å²) in [5.74, 6) is -0.0293. The van der Waals surface area contributed by atoms with Crippen LogP contribution in [0.2, 0.25) is 0 Å². The maximum atomic E-state index is 10.4. The average molecular weight is 325 g/mol. The quantitative estimate of drug-likeness (QED) is 0.425. The number of aldehydes is 1. The summed E-state index contributed by atoms with van der Waals surface area (Å²) in [5.41, 5.74) is 0.220. The first kappa shape index (κ1) is 23.9. The van der Waals surface area contributed by atoms with E-state index in [0.717, 1.165) is 19.1 Å². The summed E-state index contributed by atoms with van der Waals surface area (Å²) in [4.78, 5) is 20.5. The molecule has 0 aromatic heterocycles. The van der Waals surface area contributed by atoms with Crippen molar-refractivity contribution in [3.8, 4) is 0 Å². The molecule has 0 rings (SSSR count). The van der Waals surface area contributed by atoms with Crippen molar-refractivity contribution in [2.24, 2.45) is 22.7 Å². The van der Waals surface area contributed by atoms with Gasteiger partial charge in [-0.15, -0.1) is 13.2 Å². The van der Waals surface area contributed by atoms with Crippen molar-refractivity contribution in [2.75, 3.05) is 0 Å². The summed E-state index contributed by atoms with van der Waals surface area (Å²) < 4.78 is 0. The molecule has 2 atom stereocenters. The predicted octanol–water partition coefficient (Wildman–Crippen LogP) is 5.51. The molecule has 0 heterocycles. The molecule has 0 bridgehead atoms. The van der Waals surface area contributed by atoms with Crippen molar-refractivity contribution in [1.29, 1.82) is 0 Å². The van der Waals surface area contributed by atoms with Gasteiger partial charge < -0.3 is 9.90 Å². The normalized spacial score (nSPS) is 14.0. The van der Waals surface area contributed by atoms with E-state index in [0.29, 0.717) is 12.3 Å². The van der Waals surface area contributed by atoms with Gasteiger partial charge in [0.1, 0.15) is 6.29 Å². The van der Waals surface area contributed by atoms with Crippen LogP contribution in [0.5, 0.6) is 0 Å². The molecular formula is C20H36O3. The van der Waals surface area contributed by atoms with E-state index in [9.17, 15) is 9.59 Å². The lowest BCUT2D eigenvalue weighted by atomic mass is 9.82. The fraction of sp³-hybridized carbons (Fsp3) is 0.700. The first-order valence-electron chi connectivity index (χ1n) is 8.31. The van der Waals surface area contributed by atoms with Crippen molar-refractivity contribution in [2.45, 2.75) is 67.2 Å². The average Bonchev–Trinajstić information content (AvgIpc) is 2.37. The summed E-state index contributed by atoms with van der Waals surface area (Å²) >= 11 is 0. The summed E-state index contributed by atoms with van der Waals surface area (Å²) in [6, 6.07) is 0. The van der Waals surface area contributed by atoms with E-state index < -0.39 is 5.97 Å². The number of aliphatic carboxylic acids is 1. The molecule has 0 radical (unpaired) electrons. The van der Waals surface area contributed by atoms with E-state index in [-0.39, 0.29) is 23.2 Å². The first-order valence-corrected chi connectivity index (χ1v) is 8.31. The molecule has 0 spiro atoms. The molecule has 1 N–H and O–H groups in total. The Morgan fingerprint density at radius 1 is 1.00 bits per heavy atom. The molecule has 3 nitrogen and oxygen atoms in total. The van der Waals surface area contributed by atoms with Crippen LogP contribution in [-0.4, -0.2) is 17.4 Å². The number of carbonyl (C=O) groups is 2. The van der Waals surface area contributed by atoms with Crippen LogP contribution in [0.25, 0.3) is 0 Å². The van der Waals surface area contributed by atoms with E-state index in [1.54, 1.807) is 0 Å². The fourth-order valence-corrected chi connectivity index (χ4v) is 2.58. The molecule has 0 aliphatic heterocycles. The van der Waals surface area contributed by atoms with Crippen LogP contribution >= 0.6 is 0 Å². The van der Waals surface area contributed by atoms with E-state index in [1.165, 1.54) is 0 Å². The Balaban J connectivity index is 0. The van der Waals surface area contributed by atoms with Gasteiger partial charge in [-0.3, -0.25) is 4.79 Å². The highest BCUT2D eigenvalue weighted by molar-refractivity contribution is 5.66. The number of rotatable bonds is 10. The Morgan fingerprint density at radius 2 is 1.39 bits per heavy atom. The SMILES string of the molecule is C=CC(C)(C)CC(C)CC(=O)O.C=CC(C)(C)CC(C)CC=O. The van der Waals surface area contributed by atoms with Gasteiger partial charge in [0.05, 0.1) is 0 Å². The van der Waals surface area contributed by atoms with Crippen molar-refractivity contribution in [1.82, 2.24) is 0 Å². The van der Waals surface area contributed by atoms with Gasteiger partial charge in [-0.25, -0.2) is 0 Å². The number of carbonyl (C=O) groups excluding carboxylic acids is 1. The minimum atomic E-state index is -0.720. The second kappa shape index (κ2) is 11.2. The van der Waals surface area contributed by atoms with Gasteiger partial charge >= 0.3 is 5.97 Å². The van der Waals surface area contributed by atoms with Gasteiger partial charge in [-0.2, -0.15) is 0 Å². The minimum Gasteiger partial charge on any atom is -0.481 e. The lowest BCUT2D eigenvalue weighted by molar-refractivity contribution is -0.138. The lowest BCUT2D eigenvalue weighted by Crippen LogP contribution is -2.14. The molecule has 0 saturated carbocycles. The minimum absolute atomic E-state index is 0.0505. The van der Waals surface area contributed by atoms with Gasteiger partial charge in [0.25, 0.3) is 0 Å². The summed E-state index contributed by atoms with van der Waals surface area (Å²) in [6.07, 6.45) is 7.65. The zero-order valence-corrected chi connectivity index (χ0v) is 15.9. The highest BCUT2D eigenvalue weighted by Crippen LogP contribution is 2.28. The van der Waals surface area contributed by atoms with Crippen LogP contribution in [-0.2, 0) is 9.59 Å². The Hall–Kier alpha value is -1.38. The third-order valence-electron chi connectivity index (χ3n) is 3.88. The molecule has 0 aromatic rings. The molecule has 0 fully saturated rings. The topological polar surface area (TPSA) is 54.4 Å². The number of carboxylic acid groups (broad SMARTS) is 1. The van der Waals surface area contributed by atoms with Gasteiger partial charge in [0.15, 0.2) is 0 Å². The van der Waals surface area contributed by atoms with Crippen LogP contribution in [0.15, 0.2) is 25.3 Å². The largest absolute Gasteiger partial charge is 0.481 e. The van der Waals surface area contributed by atoms with E-state index in [1.807, 2.05) is 19.1 Å². The van der Waals surface area contributed by atoms with Crippen LogP contribution < -0.4 is 0 Å². The monoisotopic (exact) mass is 324 g/mol. The maximum Gasteiger partial charge on any atom is 0.303 e. The van der Waals surface area contributed by atoms with Crippen LogP contribution in [0, 0.1) is 22.7 Å². The molecule has 3 heteroatoms. The number of hydrogen-bond acceptors (Lipinski definition) is 2. The zero-order valence-electron chi connectivity index (χ0n) is 15.9. The summed E-state index contributed by atoms with van der Waals surface area (Å²) in [5, 5.41) is 8.53. The van der Waals surface area contributed by atoms with Crippen LogP contribution in [0.4, 0.5) is 0 Å². The fourth-order valence-electron chi connectivity index (χ4n) is 2.58. The Labute approximate surface area is 142 Å². The zero-order chi connectivity index (χ0) is 18.7. The van der Waals surface area contributed by atoms with Crippen LogP contribution in [0.1, 0.15) is 67.2 Å². The number of hydrogen-bond donors (Lipinski definition) is 1. The Bertz CT molecular complexity index is 380. The maximum absolute atomic E-state index is 10.4. The summed E-state index contributed by atoms with van der Waals surface area (Å²) in [7, 11) is 0. The van der Waals surface area contributed by atoms with Gasteiger partial charge in [0, 0.05) is 12.8 Å². The lowest BCUT2D eigenvalue weighted by Gasteiger charge is -2.23. The molecule has 2 unspecified atom stereocenters. The van der Waals surface area contributed by atoms with E-state index in [4.69, 9.17) is 5.11 Å². The number of allylic oxidation sites excluding steroid dienone is 2. The van der Waals surface area contributed by atoms with Crippen molar-refractivity contribution >= 4 is 12.3 Å². The summed E-state index contributed by atoms with van der Waals surface area (Å²) in [6.45, 7) is 19.9. The molecule has 23 heavy (non-hydrogen) atoms. The highest BCUT2D eigenvalue weighted by Gasteiger charge is 2.18. The Kier molecular flexibility index (Phi) is 11.6. The highest BCUT2D eigenvalue weighted by atomic mass is 16.4. The second-order valence-corrected chi connectivity index (χ2v) is 8.00. The predicted molar refractivity (Wildman–Crippen MR) is 98.5 cm³/mol. The van der Waals surface area contributed by atoms with Gasteiger partial charge in [0.2, 0.25) is 0 Å². The molecule has 0 saturated heterocycles. The third kappa shape index (κ3) is 15.3. The van der Waals surface area contributed by atoms with Crippen molar-refractivity contribution in [3.63, 3.8) is 0 Å².